The van der Waals surface area contributed by atoms with Crippen LogP contribution in [0.4, 0.5) is 5.95 Å². The Labute approximate surface area is 111 Å². The van der Waals surface area contributed by atoms with E-state index in [1.165, 1.54) is 0 Å². The first-order valence-electron chi connectivity index (χ1n) is 6.16. The summed E-state index contributed by atoms with van der Waals surface area (Å²) in [6, 6.07) is 9.09. The second-order valence-electron chi connectivity index (χ2n) is 4.46. The monoisotopic (exact) mass is 259 g/mol. The fraction of sp³-hybridized carbons (Fsp3) is 0.286. The zero-order valence-electron chi connectivity index (χ0n) is 11.0. The van der Waals surface area contributed by atoms with Gasteiger partial charge in [-0.1, -0.05) is 30.3 Å². The molecule has 2 N–H and O–H groups in total. The molecule has 2 aromatic rings. The first-order valence-corrected chi connectivity index (χ1v) is 6.16. The van der Waals surface area contributed by atoms with Gasteiger partial charge in [0.05, 0.1) is 0 Å². The third-order valence-electron chi connectivity index (χ3n) is 3.20. The molecule has 0 saturated heterocycles. The topological polar surface area (TPSA) is 67.2 Å². The SMILES string of the molecule is CCn1ccnc1NC(C)(C(=O)O)c1ccccc1. The van der Waals surface area contributed by atoms with Crippen molar-refractivity contribution in [2.75, 3.05) is 5.32 Å². The summed E-state index contributed by atoms with van der Waals surface area (Å²) in [5.41, 5.74) is -0.521. The highest BCUT2D eigenvalue weighted by molar-refractivity contribution is 5.83. The Bertz CT molecular complexity index is 565. The molecular formula is C14H17N3O2. The van der Waals surface area contributed by atoms with Gasteiger partial charge in [-0.15, -0.1) is 0 Å². The summed E-state index contributed by atoms with van der Waals surface area (Å²) in [7, 11) is 0. The van der Waals surface area contributed by atoms with Crippen molar-refractivity contribution in [3.63, 3.8) is 0 Å². The summed E-state index contributed by atoms with van der Waals surface area (Å²) < 4.78 is 1.87. The number of benzene rings is 1. The lowest BCUT2D eigenvalue weighted by molar-refractivity contribution is -0.142. The Balaban J connectivity index is 2.39. The number of rotatable bonds is 5. The first-order chi connectivity index (χ1) is 9.08. The maximum absolute atomic E-state index is 11.6. The van der Waals surface area contributed by atoms with E-state index in [-0.39, 0.29) is 0 Å². The quantitative estimate of drug-likeness (QED) is 0.864. The molecule has 0 aliphatic carbocycles. The van der Waals surface area contributed by atoms with Gasteiger partial charge in [-0.25, -0.2) is 9.78 Å². The van der Waals surface area contributed by atoms with Crippen LogP contribution >= 0.6 is 0 Å². The van der Waals surface area contributed by atoms with Crippen molar-refractivity contribution in [2.45, 2.75) is 25.9 Å². The summed E-state index contributed by atoms with van der Waals surface area (Å²) in [5.74, 6) is -0.388. The van der Waals surface area contributed by atoms with E-state index in [1.54, 1.807) is 25.3 Å². The zero-order chi connectivity index (χ0) is 13.9. The number of aromatic nitrogens is 2. The molecule has 1 atom stereocenters. The smallest absolute Gasteiger partial charge is 0.333 e. The zero-order valence-corrected chi connectivity index (χ0v) is 11.0. The molecule has 2 rings (SSSR count). The van der Waals surface area contributed by atoms with Gasteiger partial charge in [0.1, 0.15) is 0 Å². The molecule has 1 unspecified atom stereocenters. The van der Waals surface area contributed by atoms with Crippen molar-refractivity contribution in [3.05, 3.63) is 48.3 Å². The molecular weight excluding hydrogens is 242 g/mol. The van der Waals surface area contributed by atoms with Crippen LogP contribution in [0.3, 0.4) is 0 Å². The number of nitrogens with zero attached hydrogens (tertiary/aromatic N) is 2. The number of aliphatic carboxylic acids is 1. The molecule has 0 fully saturated rings. The summed E-state index contributed by atoms with van der Waals surface area (Å²) >= 11 is 0. The second kappa shape index (κ2) is 5.14. The van der Waals surface area contributed by atoms with E-state index in [9.17, 15) is 9.90 Å². The number of carbonyl (C=O) groups is 1. The van der Waals surface area contributed by atoms with Gasteiger partial charge in [-0.05, 0) is 19.4 Å². The number of carboxylic acids is 1. The van der Waals surface area contributed by atoms with Gasteiger partial charge in [0.15, 0.2) is 5.54 Å². The molecule has 0 aliphatic rings. The van der Waals surface area contributed by atoms with Crippen LogP contribution < -0.4 is 5.32 Å². The Morgan fingerprint density at radius 2 is 2.11 bits per heavy atom. The predicted octanol–water partition coefficient (Wildman–Crippen LogP) is 2.31. The van der Waals surface area contributed by atoms with Crippen LogP contribution in [-0.2, 0) is 16.9 Å². The highest BCUT2D eigenvalue weighted by Gasteiger charge is 2.36. The van der Waals surface area contributed by atoms with Gasteiger partial charge >= 0.3 is 5.97 Å². The van der Waals surface area contributed by atoms with Crippen LogP contribution in [-0.4, -0.2) is 20.6 Å². The third-order valence-corrected chi connectivity index (χ3v) is 3.20. The number of aryl methyl sites for hydroxylation is 1. The number of imidazole rings is 1. The second-order valence-corrected chi connectivity index (χ2v) is 4.46. The van der Waals surface area contributed by atoms with Crippen LogP contribution in [0.2, 0.25) is 0 Å². The maximum Gasteiger partial charge on any atom is 0.333 e. The molecule has 0 spiro atoms. The Hall–Kier alpha value is -2.30. The van der Waals surface area contributed by atoms with Crippen molar-refractivity contribution in [1.29, 1.82) is 0 Å². The Kier molecular flexibility index (Phi) is 3.55. The highest BCUT2D eigenvalue weighted by atomic mass is 16.4. The fourth-order valence-electron chi connectivity index (χ4n) is 1.93. The van der Waals surface area contributed by atoms with Crippen molar-refractivity contribution >= 4 is 11.9 Å². The van der Waals surface area contributed by atoms with Crippen LogP contribution in [0, 0.1) is 0 Å². The summed E-state index contributed by atoms with van der Waals surface area (Å²) in [4.78, 5) is 15.8. The number of hydrogen-bond donors (Lipinski definition) is 2. The summed E-state index contributed by atoms with van der Waals surface area (Å²) in [5, 5.41) is 12.6. The molecule has 0 saturated carbocycles. The van der Waals surface area contributed by atoms with E-state index >= 15 is 0 Å². The average molecular weight is 259 g/mol. The normalized spacial score (nSPS) is 13.8. The highest BCUT2D eigenvalue weighted by Crippen LogP contribution is 2.25. The third kappa shape index (κ3) is 2.45. The van der Waals surface area contributed by atoms with E-state index in [0.717, 1.165) is 6.54 Å². The van der Waals surface area contributed by atoms with Gasteiger partial charge in [-0.3, -0.25) is 0 Å². The molecule has 1 heterocycles. The summed E-state index contributed by atoms with van der Waals surface area (Å²) in [6.45, 7) is 4.35. The molecule has 0 radical (unpaired) electrons. The van der Waals surface area contributed by atoms with Gasteiger partial charge in [0.25, 0.3) is 0 Å². The van der Waals surface area contributed by atoms with E-state index in [4.69, 9.17) is 0 Å². The molecule has 5 heteroatoms. The van der Waals surface area contributed by atoms with E-state index < -0.39 is 11.5 Å². The lowest BCUT2D eigenvalue weighted by atomic mass is 9.92. The van der Waals surface area contributed by atoms with Gasteiger partial charge in [0, 0.05) is 18.9 Å². The number of hydrogen-bond acceptors (Lipinski definition) is 3. The first kappa shape index (κ1) is 13.1. The number of anilines is 1. The van der Waals surface area contributed by atoms with Crippen LogP contribution in [0.25, 0.3) is 0 Å². The molecule has 100 valence electrons. The average Bonchev–Trinajstić information content (AvgIpc) is 2.86. The number of carboxylic acid groups (broad SMARTS) is 1. The largest absolute Gasteiger partial charge is 0.479 e. The van der Waals surface area contributed by atoms with Crippen LogP contribution in [0.15, 0.2) is 42.7 Å². The minimum absolute atomic E-state index is 0.552. The summed E-state index contributed by atoms with van der Waals surface area (Å²) in [6.07, 6.45) is 3.47. The molecule has 0 bridgehead atoms. The standard InChI is InChI=1S/C14H17N3O2/c1-3-17-10-9-15-13(17)16-14(2,12(18)19)11-7-5-4-6-8-11/h4-10H,3H2,1-2H3,(H,15,16)(H,18,19). The van der Waals surface area contributed by atoms with Gasteiger partial charge in [0.2, 0.25) is 5.95 Å². The molecule has 5 nitrogen and oxygen atoms in total. The fourth-order valence-corrected chi connectivity index (χ4v) is 1.93. The van der Waals surface area contributed by atoms with E-state index in [0.29, 0.717) is 11.5 Å². The Morgan fingerprint density at radius 1 is 1.42 bits per heavy atom. The van der Waals surface area contributed by atoms with E-state index in [1.807, 2.05) is 35.9 Å². The van der Waals surface area contributed by atoms with Crippen molar-refractivity contribution < 1.29 is 9.90 Å². The van der Waals surface area contributed by atoms with Gasteiger partial charge in [-0.2, -0.15) is 0 Å². The molecule has 1 aromatic carbocycles. The lowest BCUT2D eigenvalue weighted by Crippen LogP contribution is -2.41. The minimum Gasteiger partial charge on any atom is -0.479 e. The lowest BCUT2D eigenvalue weighted by Gasteiger charge is -2.27. The van der Waals surface area contributed by atoms with Gasteiger partial charge < -0.3 is 15.0 Å². The maximum atomic E-state index is 11.6. The molecule has 19 heavy (non-hydrogen) atoms. The van der Waals surface area contributed by atoms with Crippen LogP contribution in [0.5, 0.6) is 0 Å². The minimum atomic E-state index is -1.21. The van der Waals surface area contributed by atoms with Crippen molar-refractivity contribution in [3.8, 4) is 0 Å². The molecule has 0 aliphatic heterocycles. The van der Waals surface area contributed by atoms with Crippen molar-refractivity contribution in [1.82, 2.24) is 9.55 Å². The van der Waals surface area contributed by atoms with Crippen molar-refractivity contribution in [2.24, 2.45) is 0 Å². The number of nitrogens with one attached hydrogen (secondary N) is 1. The Morgan fingerprint density at radius 3 is 2.68 bits per heavy atom. The molecule has 0 amide bonds. The predicted molar refractivity (Wildman–Crippen MR) is 73.0 cm³/mol. The molecule has 1 aromatic heterocycles. The van der Waals surface area contributed by atoms with E-state index in [2.05, 4.69) is 10.3 Å². The van der Waals surface area contributed by atoms with Crippen LogP contribution in [0.1, 0.15) is 19.4 Å².